The number of phenolic OH excluding ortho intramolecular Hbond substituents is 2. The SMILES string of the molecule is Cn1c(SCC(=O)O)nnc1-c1cccc(O)c1O. The van der Waals surface area contributed by atoms with Gasteiger partial charge < -0.3 is 19.9 Å². The Morgan fingerprint density at radius 3 is 2.79 bits per heavy atom. The Labute approximate surface area is 112 Å². The van der Waals surface area contributed by atoms with Crippen molar-refractivity contribution in [3.63, 3.8) is 0 Å². The Morgan fingerprint density at radius 1 is 1.37 bits per heavy atom. The molecule has 0 unspecified atom stereocenters. The molecule has 1 aromatic heterocycles. The Kier molecular flexibility index (Phi) is 3.61. The molecule has 1 aromatic carbocycles. The molecule has 100 valence electrons. The van der Waals surface area contributed by atoms with Crippen molar-refractivity contribution in [2.24, 2.45) is 7.05 Å². The second-order valence-electron chi connectivity index (χ2n) is 3.72. The van der Waals surface area contributed by atoms with E-state index in [4.69, 9.17) is 5.11 Å². The van der Waals surface area contributed by atoms with Crippen LogP contribution in [0.4, 0.5) is 0 Å². The molecule has 2 aromatic rings. The van der Waals surface area contributed by atoms with Gasteiger partial charge >= 0.3 is 5.97 Å². The molecule has 3 N–H and O–H groups in total. The van der Waals surface area contributed by atoms with Crippen molar-refractivity contribution < 1.29 is 20.1 Å². The minimum Gasteiger partial charge on any atom is -0.504 e. The normalized spacial score (nSPS) is 10.6. The Bertz CT molecular complexity index is 626. The second-order valence-corrected chi connectivity index (χ2v) is 4.66. The smallest absolute Gasteiger partial charge is 0.313 e. The third-order valence-corrected chi connectivity index (χ3v) is 3.42. The highest BCUT2D eigenvalue weighted by Crippen LogP contribution is 2.35. The van der Waals surface area contributed by atoms with Crippen LogP contribution in [0.5, 0.6) is 11.5 Å². The van der Waals surface area contributed by atoms with E-state index in [1.807, 2.05) is 0 Å². The molecule has 1 heterocycles. The van der Waals surface area contributed by atoms with Crippen LogP contribution in [0.2, 0.25) is 0 Å². The van der Waals surface area contributed by atoms with Crippen LogP contribution in [-0.2, 0) is 11.8 Å². The third-order valence-electron chi connectivity index (χ3n) is 2.42. The number of carbonyl (C=O) groups is 1. The number of thioether (sulfide) groups is 1. The fourth-order valence-corrected chi connectivity index (χ4v) is 2.14. The number of carboxylic acid groups (broad SMARTS) is 1. The summed E-state index contributed by atoms with van der Waals surface area (Å²) in [6.45, 7) is 0. The maximum Gasteiger partial charge on any atom is 0.313 e. The first-order chi connectivity index (χ1) is 9.00. The minimum atomic E-state index is -0.949. The fraction of sp³-hybridized carbons (Fsp3) is 0.182. The van der Waals surface area contributed by atoms with E-state index in [1.165, 1.54) is 6.07 Å². The van der Waals surface area contributed by atoms with Crippen molar-refractivity contribution in [1.29, 1.82) is 0 Å². The second kappa shape index (κ2) is 5.19. The van der Waals surface area contributed by atoms with Crippen molar-refractivity contribution in [1.82, 2.24) is 14.8 Å². The molecule has 0 bridgehead atoms. The first-order valence-electron chi connectivity index (χ1n) is 5.26. The number of aromatic nitrogens is 3. The number of para-hydroxylation sites is 1. The molecule has 0 spiro atoms. The van der Waals surface area contributed by atoms with Crippen LogP contribution in [0.15, 0.2) is 23.4 Å². The molecule has 0 fully saturated rings. The van der Waals surface area contributed by atoms with Crippen LogP contribution in [0, 0.1) is 0 Å². The van der Waals surface area contributed by atoms with Crippen molar-refractivity contribution in [3.05, 3.63) is 18.2 Å². The summed E-state index contributed by atoms with van der Waals surface area (Å²) in [7, 11) is 1.66. The van der Waals surface area contributed by atoms with Crippen LogP contribution in [0.3, 0.4) is 0 Å². The lowest BCUT2D eigenvalue weighted by molar-refractivity contribution is -0.133. The number of aliphatic carboxylic acids is 1. The summed E-state index contributed by atoms with van der Waals surface area (Å²) >= 11 is 1.03. The average Bonchev–Trinajstić information content (AvgIpc) is 2.72. The van der Waals surface area contributed by atoms with Crippen molar-refractivity contribution in [2.45, 2.75) is 5.16 Å². The molecule has 0 aliphatic rings. The number of hydrogen-bond donors (Lipinski definition) is 3. The van der Waals surface area contributed by atoms with Gasteiger partial charge in [0, 0.05) is 7.05 Å². The highest BCUT2D eigenvalue weighted by atomic mass is 32.2. The molecule has 19 heavy (non-hydrogen) atoms. The van der Waals surface area contributed by atoms with Gasteiger partial charge in [-0.05, 0) is 12.1 Å². The van der Waals surface area contributed by atoms with E-state index in [9.17, 15) is 15.0 Å². The van der Waals surface area contributed by atoms with E-state index in [1.54, 1.807) is 23.7 Å². The van der Waals surface area contributed by atoms with Gasteiger partial charge in [-0.1, -0.05) is 17.8 Å². The zero-order chi connectivity index (χ0) is 14.0. The first-order valence-corrected chi connectivity index (χ1v) is 6.24. The van der Waals surface area contributed by atoms with E-state index in [0.717, 1.165) is 11.8 Å². The summed E-state index contributed by atoms with van der Waals surface area (Å²) in [6, 6.07) is 4.52. The number of hydrogen-bond acceptors (Lipinski definition) is 6. The van der Waals surface area contributed by atoms with E-state index in [2.05, 4.69) is 10.2 Å². The molecular weight excluding hydrogens is 270 g/mol. The zero-order valence-corrected chi connectivity index (χ0v) is 10.8. The summed E-state index contributed by atoms with van der Waals surface area (Å²) in [4.78, 5) is 10.5. The molecular formula is C11H11N3O4S. The lowest BCUT2D eigenvalue weighted by atomic mass is 10.2. The standard InChI is InChI=1S/C11H11N3O4S/c1-14-10(6-3-2-4-7(15)9(6)18)12-13-11(14)19-5-8(16)17/h2-4,15,18H,5H2,1H3,(H,16,17). The summed E-state index contributed by atoms with van der Waals surface area (Å²) in [5.74, 6) is -1.26. The summed E-state index contributed by atoms with van der Waals surface area (Å²) in [5.41, 5.74) is 0.331. The van der Waals surface area contributed by atoms with Gasteiger partial charge in [-0.15, -0.1) is 10.2 Å². The predicted octanol–water partition coefficient (Wildman–Crippen LogP) is 1.07. The molecule has 2 rings (SSSR count). The maximum atomic E-state index is 10.5. The van der Waals surface area contributed by atoms with Gasteiger partial charge in [0.25, 0.3) is 0 Å². The largest absolute Gasteiger partial charge is 0.504 e. The lowest BCUT2D eigenvalue weighted by Crippen LogP contribution is -2.01. The molecule has 0 aliphatic heterocycles. The number of benzene rings is 1. The zero-order valence-electron chi connectivity index (χ0n) is 9.94. The number of phenols is 2. The number of nitrogens with zero attached hydrogens (tertiary/aromatic N) is 3. The molecule has 0 amide bonds. The molecule has 0 aliphatic carbocycles. The number of carboxylic acids is 1. The van der Waals surface area contributed by atoms with E-state index in [0.29, 0.717) is 16.5 Å². The van der Waals surface area contributed by atoms with Crippen LogP contribution < -0.4 is 0 Å². The van der Waals surface area contributed by atoms with Crippen molar-refractivity contribution in [3.8, 4) is 22.9 Å². The van der Waals surface area contributed by atoms with Crippen LogP contribution in [-0.4, -0.2) is 41.8 Å². The monoisotopic (exact) mass is 281 g/mol. The maximum absolute atomic E-state index is 10.5. The van der Waals surface area contributed by atoms with Gasteiger partial charge in [0.05, 0.1) is 11.3 Å². The molecule has 0 atom stereocenters. The van der Waals surface area contributed by atoms with Crippen LogP contribution in [0.25, 0.3) is 11.4 Å². The molecule has 7 nitrogen and oxygen atoms in total. The Hall–Kier alpha value is -2.22. The quantitative estimate of drug-likeness (QED) is 0.568. The highest BCUT2D eigenvalue weighted by molar-refractivity contribution is 7.99. The van der Waals surface area contributed by atoms with Crippen molar-refractivity contribution in [2.75, 3.05) is 5.75 Å². The van der Waals surface area contributed by atoms with Gasteiger partial charge in [-0.25, -0.2) is 0 Å². The molecule has 0 radical (unpaired) electrons. The fourth-order valence-electron chi connectivity index (χ4n) is 1.51. The topological polar surface area (TPSA) is 108 Å². The summed E-state index contributed by atoms with van der Waals surface area (Å²) in [5, 5.41) is 36.0. The number of rotatable bonds is 4. The van der Waals surface area contributed by atoms with Crippen molar-refractivity contribution >= 4 is 17.7 Å². The van der Waals surface area contributed by atoms with Gasteiger partial charge in [-0.3, -0.25) is 4.79 Å². The van der Waals surface area contributed by atoms with E-state index in [-0.39, 0.29) is 17.3 Å². The van der Waals surface area contributed by atoms with Gasteiger partial charge in [-0.2, -0.15) is 0 Å². The first kappa shape index (κ1) is 13.2. The number of aromatic hydroxyl groups is 2. The van der Waals surface area contributed by atoms with E-state index >= 15 is 0 Å². The summed E-state index contributed by atoms with van der Waals surface area (Å²) < 4.78 is 1.56. The Balaban J connectivity index is 2.36. The van der Waals surface area contributed by atoms with Gasteiger partial charge in [0.2, 0.25) is 0 Å². The molecule has 0 saturated heterocycles. The Morgan fingerprint density at radius 2 is 2.11 bits per heavy atom. The van der Waals surface area contributed by atoms with Crippen LogP contribution >= 0.6 is 11.8 Å². The van der Waals surface area contributed by atoms with Gasteiger partial charge in [0.15, 0.2) is 22.5 Å². The van der Waals surface area contributed by atoms with E-state index < -0.39 is 5.97 Å². The highest BCUT2D eigenvalue weighted by Gasteiger charge is 2.16. The minimum absolute atomic E-state index is 0.127. The molecule has 0 saturated carbocycles. The van der Waals surface area contributed by atoms with Crippen LogP contribution in [0.1, 0.15) is 0 Å². The summed E-state index contributed by atoms with van der Waals surface area (Å²) in [6.07, 6.45) is 0. The third kappa shape index (κ3) is 2.63. The average molecular weight is 281 g/mol. The predicted molar refractivity (Wildman–Crippen MR) is 68.1 cm³/mol. The lowest BCUT2D eigenvalue weighted by Gasteiger charge is -2.06. The molecule has 8 heteroatoms. The van der Waals surface area contributed by atoms with Gasteiger partial charge in [0.1, 0.15) is 0 Å².